The average Bonchev–Trinajstić information content (AvgIpc) is 2.43. The van der Waals surface area contributed by atoms with E-state index >= 15 is 0 Å². The normalized spacial score (nSPS) is 16.2. The average molecular weight is 242 g/mol. The molecule has 4 heteroatoms. The van der Waals surface area contributed by atoms with Gasteiger partial charge in [0.2, 0.25) is 0 Å². The van der Waals surface area contributed by atoms with Gasteiger partial charge in [0.05, 0.1) is 16.3 Å². The smallest absolute Gasteiger partial charge is 0.0960 e. The Morgan fingerprint density at radius 1 is 1.31 bits per heavy atom. The molecule has 0 spiro atoms. The van der Waals surface area contributed by atoms with E-state index in [1.165, 1.54) is 4.88 Å². The van der Waals surface area contributed by atoms with Crippen molar-refractivity contribution < 1.29 is 5.11 Å². The molecule has 16 heavy (non-hydrogen) atoms. The zero-order valence-corrected chi connectivity index (χ0v) is 11.6. The molecule has 0 aliphatic heterocycles. The molecule has 0 radical (unpaired) electrons. The molecule has 1 rings (SSSR count). The molecule has 0 saturated carbocycles. The van der Waals surface area contributed by atoms with Crippen molar-refractivity contribution in [3.05, 3.63) is 15.6 Å². The first-order valence-corrected chi connectivity index (χ1v) is 6.36. The highest BCUT2D eigenvalue weighted by molar-refractivity contribution is 7.11. The Morgan fingerprint density at radius 2 is 1.88 bits per heavy atom. The molecular weight excluding hydrogens is 220 g/mol. The summed E-state index contributed by atoms with van der Waals surface area (Å²) in [6, 6.07) is 0. The Kier molecular flexibility index (Phi) is 3.77. The van der Waals surface area contributed by atoms with Gasteiger partial charge in [0, 0.05) is 17.8 Å². The molecule has 0 aliphatic rings. The first kappa shape index (κ1) is 13.6. The molecule has 3 nitrogen and oxygen atoms in total. The van der Waals surface area contributed by atoms with Crippen molar-refractivity contribution in [2.75, 3.05) is 6.54 Å². The SMILES string of the molecule is Cc1nc(CC(O)(CN)C(C)(C)C)sc1C. The van der Waals surface area contributed by atoms with E-state index in [1.54, 1.807) is 11.3 Å². The van der Waals surface area contributed by atoms with Gasteiger partial charge in [-0.2, -0.15) is 0 Å². The summed E-state index contributed by atoms with van der Waals surface area (Å²) in [5.41, 5.74) is 5.64. The fraction of sp³-hybridized carbons (Fsp3) is 0.750. The minimum Gasteiger partial charge on any atom is -0.388 e. The monoisotopic (exact) mass is 242 g/mol. The number of nitrogens with two attached hydrogens (primary N) is 1. The second kappa shape index (κ2) is 4.43. The molecule has 1 heterocycles. The van der Waals surface area contributed by atoms with Crippen molar-refractivity contribution in [1.29, 1.82) is 0 Å². The minimum atomic E-state index is -0.885. The highest BCUT2D eigenvalue weighted by Crippen LogP contribution is 2.33. The van der Waals surface area contributed by atoms with Crippen molar-refractivity contribution in [1.82, 2.24) is 4.98 Å². The summed E-state index contributed by atoms with van der Waals surface area (Å²) >= 11 is 1.65. The lowest BCUT2D eigenvalue weighted by Gasteiger charge is -2.38. The molecule has 0 bridgehead atoms. The Hall–Kier alpha value is -0.450. The van der Waals surface area contributed by atoms with Crippen LogP contribution in [0, 0.1) is 19.3 Å². The van der Waals surface area contributed by atoms with Crippen molar-refractivity contribution in [3.8, 4) is 0 Å². The number of rotatable bonds is 3. The summed E-state index contributed by atoms with van der Waals surface area (Å²) in [6.45, 7) is 10.3. The molecule has 1 aromatic heterocycles. The van der Waals surface area contributed by atoms with E-state index in [-0.39, 0.29) is 12.0 Å². The predicted octanol–water partition coefficient (Wildman–Crippen LogP) is 2.04. The number of aromatic nitrogens is 1. The number of aliphatic hydroxyl groups is 1. The van der Waals surface area contributed by atoms with Crippen molar-refractivity contribution >= 4 is 11.3 Å². The molecule has 92 valence electrons. The highest BCUT2D eigenvalue weighted by Gasteiger charge is 2.39. The summed E-state index contributed by atoms with van der Waals surface area (Å²) in [5.74, 6) is 0. The number of thiazole rings is 1. The topological polar surface area (TPSA) is 59.1 Å². The fourth-order valence-electron chi connectivity index (χ4n) is 1.51. The number of aryl methyl sites for hydroxylation is 2. The van der Waals surface area contributed by atoms with Crippen LogP contribution in [0.15, 0.2) is 0 Å². The first-order chi connectivity index (χ1) is 7.19. The Balaban J connectivity index is 2.94. The standard InChI is InChI=1S/C12H22N2OS/c1-8-9(2)16-10(14-8)6-12(15,7-13)11(3,4)5/h15H,6-7,13H2,1-5H3. The van der Waals surface area contributed by atoms with Crippen LogP contribution in [-0.4, -0.2) is 22.2 Å². The third kappa shape index (κ3) is 2.62. The number of nitrogens with zero attached hydrogens (tertiary/aromatic N) is 1. The summed E-state index contributed by atoms with van der Waals surface area (Å²) in [7, 11) is 0. The molecule has 0 aliphatic carbocycles. The summed E-state index contributed by atoms with van der Waals surface area (Å²) in [4.78, 5) is 5.67. The van der Waals surface area contributed by atoms with Gasteiger partial charge in [-0.05, 0) is 19.3 Å². The van der Waals surface area contributed by atoms with Crippen LogP contribution in [0.5, 0.6) is 0 Å². The van der Waals surface area contributed by atoms with E-state index in [1.807, 2.05) is 27.7 Å². The number of hydrogen-bond acceptors (Lipinski definition) is 4. The zero-order valence-electron chi connectivity index (χ0n) is 10.8. The van der Waals surface area contributed by atoms with Crippen LogP contribution >= 0.6 is 11.3 Å². The van der Waals surface area contributed by atoms with Crippen molar-refractivity contribution in [2.24, 2.45) is 11.1 Å². The molecule has 0 amide bonds. The number of hydrogen-bond donors (Lipinski definition) is 2. The Bertz CT molecular complexity index is 348. The van der Waals surface area contributed by atoms with Gasteiger partial charge in [-0.3, -0.25) is 0 Å². The van der Waals surface area contributed by atoms with E-state index in [2.05, 4.69) is 11.9 Å². The second-order valence-electron chi connectivity index (χ2n) is 5.41. The van der Waals surface area contributed by atoms with Crippen molar-refractivity contribution in [2.45, 2.75) is 46.6 Å². The van der Waals surface area contributed by atoms with Crippen LogP contribution in [0.1, 0.15) is 36.3 Å². The van der Waals surface area contributed by atoms with E-state index in [9.17, 15) is 5.11 Å². The summed E-state index contributed by atoms with van der Waals surface area (Å²) in [6.07, 6.45) is 0.534. The van der Waals surface area contributed by atoms with E-state index < -0.39 is 5.60 Å². The maximum atomic E-state index is 10.6. The van der Waals surface area contributed by atoms with Gasteiger partial charge in [-0.15, -0.1) is 11.3 Å². The second-order valence-corrected chi connectivity index (χ2v) is 6.70. The molecule has 1 aromatic rings. The Morgan fingerprint density at radius 3 is 2.19 bits per heavy atom. The van der Waals surface area contributed by atoms with Gasteiger partial charge in [-0.1, -0.05) is 20.8 Å². The van der Waals surface area contributed by atoms with Gasteiger partial charge in [0.25, 0.3) is 0 Å². The van der Waals surface area contributed by atoms with Gasteiger partial charge in [0.15, 0.2) is 0 Å². The third-order valence-corrected chi connectivity index (χ3v) is 4.32. The minimum absolute atomic E-state index is 0.241. The van der Waals surface area contributed by atoms with Gasteiger partial charge < -0.3 is 10.8 Å². The maximum absolute atomic E-state index is 10.6. The lowest BCUT2D eigenvalue weighted by molar-refractivity contribution is -0.0490. The van der Waals surface area contributed by atoms with Gasteiger partial charge in [-0.25, -0.2) is 4.98 Å². The Labute approximate surface area is 102 Å². The third-order valence-electron chi connectivity index (χ3n) is 3.25. The molecular formula is C12H22N2OS. The molecule has 1 unspecified atom stereocenters. The van der Waals surface area contributed by atoms with Crippen LogP contribution in [0.3, 0.4) is 0 Å². The largest absolute Gasteiger partial charge is 0.388 e. The quantitative estimate of drug-likeness (QED) is 0.852. The van der Waals surface area contributed by atoms with Gasteiger partial charge in [0.1, 0.15) is 0 Å². The highest BCUT2D eigenvalue weighted by atomic mass is 32.1. The maximum Gasteiger partial charge on any atom is 0.0960 e. The van der Waals surface area contributed by atoms with Gasteiger partial charge >= 0.3 is 0 Å². The molecule has 0 aromatic carbocycles. The summed E-state index contributed by atoms with van der Waals surface area (Å²) in [5, 5.41) is 11.5. The van der Waals surface area contributed by atoms with E-state index in [0.717, 1.165) is 10.7 Å². The van der Waals surface area contributed by atoms with Crippen LogP contribution in [0.2, 0.25) is 0 Å². The first-order valence-electron chi connectivity index (χ1n) is 5.55. The zero-order chi connectivity index (χ0) is 12.6. The van der Waals surface area contributed by atoms with Crippen LogP contribution in [0.4, 0.5) is 0 Å². The lowest BCUT2D eigenvalue weighted by Crippen LogP contribution is -2.50. The van der Waals surface area contributed by atoms with Crippen LogP contribution in [0.25, 0.3) is 0 Å². The molecule has 1 atom stereocenters. The van der Waals surface area contributed by atoms with Crippen LogP contribution < -0.4 is 5.73 Å². The molecule has 3 N–H and O–H groups in total. The van der Waals surface area contributed by atoms with E-state index in [0.29, 0.717) is 6.42 Å². The fourth-order valence-corrected chi connectivity index (χ4v) is 2.55. The summed E-state index contributed by atoms with van der Waals surface area (Å²) < 4.78 is 0. The molecule has 0 saturated heterocycles. The van der Waals surface area contributed by atoms with Crippen molar-refractivity contribution in [3.63, 3.8) is 0 Å². The molecule has 0 fully saturated rings. The lowest BCUT2D eigenvalue weighted by atomic mass is 9.74. The van der Waals surface area contributed by atoms with E-state index in [4.69, 9.17) is 5.73 Å². The predicted molar refractivity (Wildman–Crippen MR) is 68.8 cm³/mol. The van der Waals surface area contributed by atoms with Crippen LogP contribution in [-0.2, 0) is 6.42 Å².